The Kier molecular flexibility index (Phi) is 2.50. The normalized spacial score (nSPS) is 16.5. The number of benzene rings is 1. The Bertz CT molecular complexity index is 440. The summed E-state index contributed by atoms with van der Waals surface area (Å²) in [6.07, 6.45) is 2.82. The largest absolute Gasteiger partial charge is 0.295 e. The second kappa shape index (κ2) is 3.81. The standard InChI is InChI=1S/C13H11FO/c1-9-2-7-12(15)8-13(9)10-3-5-11(14)6-4-10/h3-6,8H,1-2,7H2. The minimum Gasteiger partial charge on any atom is -0.295 e. The van der Waals surface area contributed by atoms with E-state index in [2.05, 4.69) is 6.58 Å². The monoisotopic (exact) mass is 202 g/mol. The van der Waals surface area contributed by atoms with E-state index in [1.807, 2.05) is 0 Å². The van der Waals surface area contributed by atoms with Crippen molar-refractivity contribution in [1.29, 1.82) is 0 Å². The van der Waals surface area contributed by atoms with E-state index in [1.165, 1.54) is 12.1 Å². The fraction of sp³-hybridized carbons (Fsp3) is 0.154. The number of ketones is 1. The average Bonchev–Trinajstić information content (AvgIpc) is 2.23. The van der Waals surface area contributed by atoms with Crippen molar-refractivity contribution in [3.05, 3.63) is 53.9 Å². The van der Waals surface area contributed by atoms with Crippen molar-refractivity contribution >= 4 is 11.4 Å². The van der Waals surface area contributed by atoms with Crippen LogP contribution in [0.15, 0.2) is 42.5 Å². The summed E-state index contributed by atoms with van der Waals surface area (Å²) in [6.45, 7) is 3.91. The maximum absolute atomic E-state index is 12.7. The summed E-state index contributed by atoms with van der Waals surface area (Å²) in [5.74, 6) is -0.158. The lowest BCUT2D eigenvalue weighted by Crippen LogP contribution is -2.04. The van der Waals surface area contributed by atoms with Crippen molar-refractivity contribution in [2.45, 2.75) is 12.8 Å². The van der Waals surface area contributed by atoms with Gasteiger partial charge in [-0.3, -0.25) is 4.79 Å². The lowest BCUT2D eigenvalue weighted by molar-refractivity contribution is -0.114. The van der Waals surface area contributed by atoms with Gasteiger partial charge in [-0.25, -0.2) is 4.39 Å². The predicted octanol–water partition coefficient (Wildman–Crippen LogP) is 3.13. The molecule has 2 rings (SSSR count). The van der Waals surface area contributed by atoms with E-state index in [1.54, 1.807) is 18.2 Å². The number of carbonyl (C=O) groups is 1. The van der Waals surface area contributed by atoms with Crippen LogP contribution in [0.1, 0.15) is 18.4 Å². The Morgan fingerprint density at radius 2 is 1.80 bits per heavy atom. The average molecular weight is 202 g/mol. The number of hydrogen-bond donors (Lipinski definition) is 0. The molecule has 0 radical (unpaired) electrons. The SMILES string of the molecule is C=C1CCC(=O)C=C1c1ccc(F)cc1. The first-order chi connectivity index (χ1) is 7.16. The van der Waals surface area contributed by atoms with Crippen LogP contribution < -0.4 is 0 Å². The van der Waals surface area contributed by atoms with E-state index in [9.17, 15) is 9.18 Å². The Morgan fingerprint density at radius 1 is 1.13 bits per heavy atom. The molecule has 0 aromatic heterocycles. The summed E-state index contributed by atoms with van der Waals surface area (Å²) in [5.41, 5.74) is 2.64. The lowest BCUT2D eigenvalue weighted by Gasteiger charge is -2.15. The molecule has 0 amide bonds. The molecule has 0 spiro atoms. The molecule has 0 aliphatic heterocycles. The maximum Gasteiger partial charge on any atom is 0.156 e. The van der Waals surface area contributed by atoms with Crippen LogP contribution in [0.5, 0.6) is 0 Å². The molecular weight excluding hydrogens is 191 g/mol. The van der Waals surface area contributed by atoms with Gasteiger partial charge in [0.25, 0.3) is 0 Å². The van der Waals surface area contributed by atoms with Crippen molar-refractivity contribution in [2.75, 3.05) is 0 Å². The molecule has 0 N–H and O–H groups in total. The Labute approximate surface area is 87.9 Å². The number of halogens is 1. The summed E-state index contributed by atoms with van der Waals surface area (Å²) < 4.78 is 12.7. The van der Waals surface area contributed by atoms with Crippen LogP contribution in [0, 0.1) is 5.82 Å². The minimum absolute atomic E-state index is 0.113. The van der Waals surface area contributed by atoms with Gasteiger partial charge in [0.2, 0.25) is 0 Å². The molecule has 1 aliphatic rings. The van der Waals surface area contributed by atoms with Gasteiger partial charge in [0.1, 0.15) is 5.82 Å². The first-order valence-corrected chi connectivity index (χ1v) is 4.85. The van der Waals surface area contributed by atoms with Crippen molar-refractivity contribution in [1.82, 2.24) is 0 Å². The van der Waals surface area contributed by atoms with Crippen LogP contribution in [0.2, 0.25) is 0 Å². The zero-order valence-electron chi connectivity index (χ0n) is 8.29. The molecule has 0 bridgehead atoms. The number of hydrogen-bond acceptors (Lipinski definition) is 1. The van der Waals surface area contributed by atoms with Gasteiger partial charge in [0, 0.05) is 6.42 Å². The molecule has 1 aliphatic carbocycles. The van der Waals surface area contributed by atoms with E-state index in [4.69, 9.17) is 0 Å². The van der Waals surface area contributed by atoms with Crippen molar-refractivity contribution in [3.63, 3.8) is 0 Å². The predicted molar refractivity (Wildman–Crippen MR) is 57.8 cm³/mol. The van der Waals surface area contributed by atoms with Crippen LogP contribution in [0.4, 0.5) is 4.39 Å². The molecule has 0 unspecified atom stereocenters. The fourth-order valence-corrected chi connectivity index (χ4v) is 1.66. The van der Waals surface area contributed by atoms with E-state index in [-0.39, 0.29) is 11.6 Å². The smallest absolute Gasteiger partial charge is 0.156 e. The summed E-state index contributed by atoms with van der Waals surface area (Å²) in [5, 5.41) is 0. The quantitative estimate of drug-likeness (QED) is 0.683. The molecule has 76 valence electrons. The number of allylic oxidation sites excluding steroid dienone is 3. The van der Waals surface area contributed by atoms with E-state index >= 15 is 0 Å². The molecular formula is C13H11FO. The van der Waals surface area contributed by atoms with Gasteiger partial charge in [-0.2, -0.15) is 0 Å². The highest BCUT2D eigenvalue weighted by molar-refractivity contribution is 6.02. The highest BCUT2D eigenvalue weighted by Gasteiger charge is 2.14. The summed E-state index contributed by atoms with van der Waals surface area (Å²) in [6, 6.07) is 6.13. The topological polar surface area (TPSA) is 17.1 Å². The van der Waals surface area contributed by atoms with Gasteiger partial charge < -0.3 is 0 Å². The zero-order valence-corrected chi connectivity index (χ0v) is 8.29. The highest BCUT2D eigenvalue weighted by Crippen LogP contribution is 2.29. The summed E-state index contributed by atoms with van der Waals surface area (Å²) in [4.78, 5) is 11.3. The first-order valence-electron chi connectivity index (χ1n) is 4.85. The molecule has 2 heteroatoms. The van der Waals surface area contributed by atoms with Crippen LogP contribution >= 0.6 is 0 Å². The summed E-state index contributed by atoms with van der Waals surface area (Å²) in [7, 11) is 0. The van der Waals surface area contributed by atoms with Gasteiger partial charge in [0.15, 0.2) is 5.78 Å². The van der Waals surface area contributed by atoms with E-state index < -0.39 is 0 Å². The number of carbonyl (C=O) groups excluding carboxylic acids is 1. The fourth-order valence-electron chi connectivity index (χ4n) is 1.66. The molecule has 1 nitrogen and oxygen atoms in total. The van der Waals surface area contributed by atoms with Gasteiger partial charge in [-0.1, -0.05) is 18.7 Å². The third kappa shape index (κ3) is 2.04. The Morgan fingerprint density at radius 3 is 2.47 bits per heavy atom. The minimum atomic E-state index is -0.271. The molecule has 1 aromatic rings. The molecule has 0 atom stereocenters. The maximum atomic E-state index is 12.7. The van der Waals surface area contributed by atoms with Gasteiger partial charge in [-0.05, 0) is 41.3 Å². The third-order valence-electron chi connectivity index (χ3n) is 2.51. The van der Waals surface area contributed by atoms with Gasteiger partial charge in [0.05, 0.1) is 0 Å². The van der Waals surface area contributed by atoms with E-state index in [0.717, 1.165) is 16.7 Å². The van der Waals surface area contributed by atoms with Gasteiger partial charge in [-0.15, -0.1) is 0 Å². The molecule has 0 saturated heterocycles. The zero-order chi connectivity index (χ0) is 10.8. The second-order valence-electron chi connectivity index (χ2n) is 3.63. The first kappa shape index (κ1) is 9.84. The van der Waals surface area contributed by atoms with Crippen LogP contribution in [0.3, 0.4) is 0 Å². The molecule has 0 heterocycles. The van der Waals surface area contributed by atoms with Crippen LogP contribution in [0.25, 0.3) is 5.57 Å². The van der Waals surface area contributed by atoms with Crippen molar-refractivity contribution in [3.8, 4) is 0 Å². The Balaban J connectivity index is 2.41. The number of rotatable bonds is 1. The van der Waals surface area contributed by atoms with Gasteiger partial charge >= 0.3 is 0 Å². The molecule has 0 saturated carbocycles. The second-order valence-corrected chi connectivity index (χ2v) is 3.63. The van der Waals surface area contributed by atoms with Crippen molar-refractivity contribution in [2.24, 2.45) is 0 Å². The Hall–Kier alpha value is -1.70. The van der Waals surface area contributed by atoms with Crippen molar-refractivity contribution < 1.29 is 9.18 Å². The van der Waals surface area contributed by atoms with E-state index in [0.29, 0.717) is 12.8 Å². The van der Waals surface area contributed by atoms with Crippen LogP contribution in [-0.4, -0.2) is 5.78 Å². The highest BCUT2D eigenvalue weighted by atomic mass is 19.1. The van der Waals surface area contributed by atoms with Crippen LogP contribution in [-0.2, 0) is 4.79 Å². The lowest BCUT2D eigenvalue weighted by atomic mass is 9.89. The third-order valence-corrected chi connectivity index (χ3v) is 2.51. The molecule has 15 heavy (non-hydrogen) atoms. The molecule has 1 aromatic carbocycles. The summed E-state index contributed by atoms with van der Waals surface area (Å²) >= 11 is 0. The molecule has 0 fully saturated rings.